The Morgan fingerprint density at radius 2 is 1.71 bits per heavy atom. The van der Waals surface area contributed by atoms with Gasteiger partial charge in [-0.2, -0.15) is 0 Å². The third-order valence-corrected chi connectivity index (χ3v) is 3.92. The lowest BCUT2D eigenvalue weighted by atomic mass is 10.0. The first-order valence-corrected chi connectivity index (χ1v) is 6.94. The summed E-state index contributed by atoms with van der Waals surface area (Å²) in [5, 5.41) is 2.01. The average molecular weight is 274 g/mol. The van der Waals surface area contributed by atoms with E-state index in [0.717, 1.165) is 22.0 Å². The maximum absolute atomic E-state index is 5.75. The fraction of sp³-hybridized carbons (Fsp3) is 0.111. The molecule has 0 spiro atoms. The van der Waals surface area contributed by atoms with E-state index in [1.807, 2.05) is 18.2 Å². The van der Waals surface area contributed by atoms with Crippen LogP contribution in [-0.2, 0) is 0 Å². The van der Waals surface area contributed by atoms with Crippen molar-refractivity contribution in [2.24, 2.45) is 0 Å². The number of aromatic nitrogens is 2. The summed E-state index contributed by atoms with van der Waals surface area (Å²) in [6.45, 7) is 4.23. The van der Waals surface area contributed by atoms with E-state index in [1.54, 1.807) is 6.20 Å². The SMILES string of the molecule is Cc1ccc(-c2ccc3c(n2)oc2ncccc23)cc1C. The van der Waals surface area contributed by atoms with Gasteiger partial charge in [-0.1, -0.05) is 12.1 Å². The van der Waals surface area contributed by atoms with Crippen LogP contribution in [0.4, 0.5) is 0 Å². The lowest BCUT2D eigenvalue weighted by molar-refractivity contribution is 0.641. The molecule has 0 aliphatic heterocycles. The molecule has 0 radical (unpaired) electrons. The largest absolute Gasteiger partial charge is 0.419 e. The molecule has 4 aromatic rings. The third-order valence-electron chi connectivity index (χ3n) is 3.92. The van der Waals surface area contributed by atoms with Crippen LogP contribution in [0.1, 0.15) is 11.1 Å². The Hall–Kier alpha value is -2.68. The minimum absolute atomic E-state index is 0.636. The van der Waals surface area contributed by atoms with Crippen molar-refractivity contribution in [3.63, 3.8) is 0 Å². The molecule has 0 amide bonds. The Bertz CT molecular complexity index is 969. The third kappa shape index (κ3) is 1.89. The highest BCUT2D eigenvalue weighted by Crippen LogP contribution is 2.29. The van der Waals surface area contributed by atoms with E-state index in [1.165, 1.54) is 11.1 Å². The van der Waals surface area contributed by atoms with Crippen molar-refractivity contribution >= 4 is 22.2 Å². The maximum atomic E-state index is 5.75. The molecule has 3 heterocycles. The summed E-state index contributed by atoms with van der Waals surface area (Å²) in [6, 6.07) is 14.4. The molecule has 4 rings (SSSR count). The topological polar surface area (TPSA) is 38.9 Å². The second-order valence-corrected chi connectivity index (χ2v) is 5.31. The molecule has 0 saturated carbocycles. The first-order valence-electron chi connectivity index (χ1n) is 6.94. The van der Waals surface area contributed by atoms with Gasteiger partial charge in [0.25, 0.3) is 0 Å². The van der Waals surface area contributed by atoms with Gasteiger partial charge in [-0.15, -0.1) is 0 Å². The molecule has 3 heteroatoms. The van der Waals surface area contributed by atoms with Gasteiger partial charge >= 0.3 is 0 Å². The molecule has 0 saturated heterocycles. The van der Waals surface area contributed by atoms with E-state index >= 15 is 0 Å². The summed E-state index contributed by atoms with van der Waals surface area (Å²) in [4.78, 5) is 8.89. The van der Waals surface area contributed by atoms with Crippen LogP contribution < -0.4 is 0 Å². The van der Waals surface area contributed by atoms with Crippen molar-refractivity contribution in [2.75, 3.05) is 0 Å². The molecule has 1 aromatic carbocycles. The summed E-state index contributed by atoms with van der Waals surface area (Å²) in [6.07, 6.45) is 1.73. The second kappa shape index (κ2) is 4.42. The van der Waals surface area contributed by atoms with Crippen LogP contribution in [-0.4, -0.2) is 9.97 Å². The molecule has 0 bridgehead atoms. The van der Waals surface area contributed by atoms with E-state index < -0.39 is 0 Å². The van der Waals surface area contributed by atoms with E-state index in [2.05, 4.69) is 48.1 Å². The standard InChI is InChI=1S/C18H14N2O/c1-11-5-6-13(10-12(11)2)16-8-7-15-14-4-3-9-19-17(14)21-18(15)20-16/h3-10H,1-2H3. The smallest absolute Gasteiger partial charge is 0.230 e. The molecule has 0 N–H and O–H groups in total. The van der Waals surface area contributed by atoms with E-state index in [4.69, 9.17) is 4.42 Å². The molecule has 3 aromatic heterocycles. The second-order valence-electron chi connectivity index (χ2n) is 5.31. The van der Waals surface area contributed by atoms with Crippen molar-refractivity contribution in [3.8, 4) is 11.3 Å². The highest BCUT2D eigenvalue weighted by atomic mass is 16.3. The molecular weight excluding hydrogens is 260 g/mol. The Balaban J connectivity index is 1.94. The van der Waals surface area contributed by atoms with Gasteiger partial charge in [0.05, 0.1) is 5.69 Å². The van der Waals surface area contributed by atoms with Crippen LogP contribution >= 0.6 is 0 Å². The molecule has 21 heavy (non-hydrogen) atoms. The van der Waals surface area contributed by atoms with E-state index in [0.29, 0.717) is 11.4 Å². The van der Waals surface area contributed by atoms with Crippen molar-refractivity contribution in [1.82, 2.24) is 9.97 Å². The number of benzene rings is 1. The molecular formula is C18H14N2O. The highest BCUT2D eigenvalue weighted by molar-refractivity contribution is 6.02. The molecule has 102 valence electrons. The predicted octanol–water partition coefficient (Wildman–Crippen LogP) is 4.66. The number of hydrogen-bond donors (Lipinski definition) is 0. The van der Waals surface area contributed by atoms with Crippen molar-refractivity contribution < 1.29 is 4.42 Å². The zero-order valence-electron chi connectivity index (χ0n) is 11.9. The summed E-state index contributed by atoms with van der Waals surface area (Å²) < 4.78 is 5.75. The van der Waals surface area contributed by atoms with Crippen molar-refractivity contribution in [1.29, 1.82) is 0 Å². The fourth-order valence-electron chi connectivity index (χ4n) is 2.55. The van der Waals surface area contributed by atoms with Gasteiger partial charge in [-0.3, -0.25) is 0 Å². The van der Waals surface area contributed by atoms with Crippen LogP contribution in [0, 0.1) is 13.8 Å². The minimum atomic E-state index is 0.636. The molecule has 0 aliphatic rings. The van der Waals surface area contributed by atoms with Gasteiger partial charge in [-0.25, -0.2) is 9.97 Å². The summed E-state index contributed by atoms with van der Waals surface area (Å²) in [5.74, 6) is 0. The van der Waals surface area contributed by atoms with Crippen LogP contribution in [0.5, 0.6) is 0 Å². The lowest BCUT2D eigenvalue weighted by Crippen LogP contribution is -1.86. The number of hydrogen-bond acceptors (Lipinski definition) is 3. The molecule has 0 aliphatic carbocycles. The quantitative estimate of drug-likeness (QED) is 0.506. The van der Waals surface area contributed by atoms with Crippen LogP contribution in [0.2, 0.25) is 0 Å². The van der Waals surface area contributed by atoms with Crippen LogP contribution in [0.3, 0.4) is 0 Å². The molecule has 0 unspecified atom stereocenters. The van der Waals surface area contributed by atoms with Gasteiger partial charge in [-0.05, 0) is 55.3 Å². The number of fused-ring (bicyclic) bond motifs is 3. The number of rotatable bonds is 1. The number of aryl methyl sites for hydroxylation is 2. The first-order chi connectivity index (χ1) is 10.2. The van der Waals surface area contributed by atoms with Gasteiger partial charge < -0.3 is 4.42 Å². The Morgan fingerprint density at radius 1 is 0.857 bits per heavy atom. The van der Waals surface area contributed by atoms with Crippen molar-refractivity contribution in [3.05, 3.63) is 59.8 Å². The fourth-order valence-corrected chi connectivity index (χ4v) is 2.55. The molecule has 0 fully saturated rings. The van der Waals surface area contributed by atoms with Gasteiger partial charge in [0, 0.05) is 22.5 Å². The number of furan rings is 1. The predicted molar refractivity (Wildman–Crippen MR) is 84.2 cm³/mol. The first kappa shape index (κ1) is 12.1. The van der Waals surface area contributed by atoms with E-state index in [9.17, 15) is 0 Å². The van der Waals surface area contributed by atoms with Crippen LogP contribution in [0.15, 0.2) is 53.1 Å². The lowest BCUT2D eigenvalue weighted by Gasteiger charge is -2.04. The maximum Gasteiger partial charge on any atom is 0.230 e. The van der Waals surface area contributed by atoms with Gasteiger partial charge in [0.15, 0.2) is 0 Å². The average Bonchev–Trinajstić information content (AvgIpc) is 2.87. The molecule has 0 atom stereocenters. The number of nitrogens with zero attached hydrogens (tertiary/aromatic N) is 2. The minimum Gasteiger partial charge on any atom is -0.419 e. The van der Waals surface area contributed by atoms with Gasteiger partial charge in [0.2, 0.25) is 11.4 Å². The zero-order valence-corrected chi connectivity index (χ0v) is 11.9. The summed E-state index contributed by atoms with van der Waals surface area (Å²) >= 11 is 0. The Kier molecular flexibility index (Phi) is 2.54. The number of pyridine rings is 2. The highest BCUT2D eigenvalue weighted by Gasteiger charge is 2.10. The normalized spacial score (nSPS) is 11.3. The van der Waals surface area contributed by atoms with Crippen LogP contribution in [0.25, 0.3) is 33.5 Å². The summed E-state index contributed by atoms with van der Waals surface area (Å²) in [7, 11) is 0. The van der Waals surface area contributed by atoms with E-state index in [-0.39, 0.29) is 0 Å². The monoisotopic (exact) mass is 274 g/mol. The Morgan fingerprint density at radius 3 is 2.57 bits per heavy atom. The summed E-state index contributed by atoms with van der Waals surface area (Å²) in [5.41, 5.74) is 5.85. The zero-order chi connectivity index (χ0) is 14.4. The van der Waals surface area contributed by atoms with Crippen molar-refractivity contribution in [2.45, 2.75) is 13.8 Å². The molecule has 3 nitrogen and oxygen atoms in total. The van der Waals surface area contributed by atoms with Gasteiger partial charge in [0.1, 0.15) is 0 Å². The Labute approximate surface area is 122 Å².